The van der Waals surface area contributed by atoms with Crippen LogP contribution in [0, 0.1) is 0 Å². The summed E-state index contributed by atoms with van der Waals surface area (Å²) in [6.07, 6.45) is 5.73. The number of imidazole rings is 1. The highest BCUT2D eigenvalue weighted by atomic mass is 15.0. The largest absolute Gasteiger partial charge is 0.309 e. The van der Waals surface area contributed by atoms with Gasteiger partial charge < -0.3 is 9.13 Å². The number of para-hydroxylation sites is 3. The second-order valence-electron chi connectivity index (χ2n) is 11.1. The number of fused-ring (bicyclic) bond motifs is 14. The molecule has 0 atom stereocenters. The van der Waals surface area contributed by atoms with Gasteiger partial charge in [-0.3, -0.25) is 4.40 Å². The average molecular weight is 550 g/mol. The first kappa shape index (κ1) is 22.7. The maximum Gasteiger partial charge on any atom is 0.146 e. The maximum absolute atomic E-state index is 4.83. The summed E-state index contributed by atoms with van der Waals surface area (Å²) in [6, 6.07) is 43.5. The van der Waals surface area contributed by atoms with Crippen LogP contribution in [0.1, 0.15) is 0 Å². The van der Waals surface area contributed by atoms with Crippen LogP contribution in [0.15, 0.2) is 140 Å². The number of pyridine rings is 2. The Balaban J connectivity index is 1.53. The number of nitrogens with zero attached hydrogens (tertiary/aromatic N) is 5. The Labute approximate surface area is 245 Å². The minimum Gasteiger partial charge on any atom is -0.309 e. The van der Waals surface area contributed by atoms with Crippen LogP contribution in [-0.2, 0) is 0 Å². The fraction of sp³-hybridized carbons (Fsp3) is 0. The molecule has 5 aromatic heterocycles. The lowest BCUT2D eigenvalue weighted by Crippen LogP contribution is -1.98. The first-order chi connectivity index (χ1) is 21.4. The van der Waals surface area contributed by atoms with E-state index in [1.165, 1.54) is 49.0 Å². The molecule has 200 valence electrons. The second-order valence-corrected chi connectivity index (χ2v) is 11.1. The van der Waals surface area contributed by atoms with Crippen LogP contribution in [-0.4, -0.2) is 23.5 Å². The van der Waals surface area contributed by atoms with E-state index in [1.807, 2.05) is 24.7 Å². The summed E-state index contributed by atoms with van der Waals surface area (Å²) in [5.74, 6) is 0. The van der Waals surface area contributed by atoms with Gasteiger partial charge in [0.15, 0.2) is 0 Å². The monoisotopic (exact) mass is 549 g/mol. The molecule has 0 aliphatic heterocycles. The predicted octanol–water partition coefficient (Wildman–Crippen LogP) is 9.23. The molecule has 5 heterocycles. The van der Waals surface area contributed by atoms with E-state index in [4.69, 9.17) is 9.97 Å². The highest BCUT2D eigenvalue weighted by Gasteiger charge is 2.23. The van der Waals surface area contributed by atoms with Crippen LogP contribution >= 0.6 is 0 Å². The number of rotatable bonds is 2. The van der Waals surface area contributed by atoms with Crippen LogP contribution in [0.3, 0.4) is 0 Å². The zero-order valence-electron chi connectivity index (χ0n) is 23.0. The van der Waals surface area contributed by atoms with Gasteiger partial charge in [0.2, 0.25) is 0 Å². The summed E-state index contributed by atoms with van der Waals surface area (Å²) in [6.45, 7) is 0. The molecular weight excluding hydrogens is 526 g/mol. The van der Waals surface area contributed by atoms with Crippen LogP contribution in [0.5, 0.6) is 0 Å². The van der Waals surface area contributed by atoms with E-state index in [0.29, 0.717) is 0 Å². The maximum atomic E-state index is 4.83. The first-order valence-corrected chi connectivity index (χ1v) is 14.5. The third-order valence-electron chi connectivity index (χ3n) is 8.92. The minimum atomic E-state index is 0.908. The van der Waals surface area contributed by atoms with Crippen molar-refractivity contribution >= 4 is 71.1 Å². The van der Waals surface area contributed by atoms with E-state index in [1.54, 1.807) is 0 Å². The molecule has 10 rings (SSSR count). The minimum absolute atomic E-state index is 0.908. The molecule has 10 aromatic rings. The fourth-order valence-corrected chi connectivity index (χ4v) is 7.25. The molecule has 0 radical (unpaired) electrons. The Kier molecular flexibility index (Phi) is 4.39. The molecule has 5 aromatic carbocycles. The Morgan fingerprint density at radius 3 is 1.77 bits per heavy atom. The fourth-order valence-electron chi connectivity index (χ4n) is 7.25. The third kappa shape index (κ3) is 2.90. The van der Waals surface area contributed by atoms with Crippen LogP contribution < -0.4 is 0 Å². The Bertz CT molecular complexity index is 2710. The molecule has 0 aliphatic rings. The second kappa shape index (κ2) is 8.30. The van der Waals surface area contributed by atoms with Crippen molar-refractivity contribution in [2.45, 2.75) is 0 Å². The smallest absolute Gasteiger partial charge is 0.146 e. The highest BCUT2D eigenvalue weighted by molar-refractivity contribution is 6.32. The molecule has 5 nitrogen and oxygen atoms in total. The first-order valence-electron chi connectivity index (χ1n) is 14.5. The van der Waals surface area contributed by atoms with Gasteiger partial charge in [0.1, 0.15) is 11.3 Å². The van der Waals surface area contributed by atoms with E-state index in [2.05, 4.69) is 129 Å². The predicted molar refractivity (Wildman–Crippen MR) is 177 cm³/mol. The normalized spacial score (nSPS) is 12.2. The lowest BCUT2D eigenvalue weighted by atomic mass is 10.0. The summed E-state index contributed by atoms with van der Waals surface area (Å²) >= 11 is 0. The number of hydrogen-bond acceptors (Lipinski definition) is 2. The SMILES string of the molecule is c1ccc(-n2c3ccccc3c3c2ccc2c4ccc5c(c6cccnc6n6ccnc56)c4n(-c4ccccc4)c23)cc1. The molecule has 43 heavy (non-hydrogen) atoms. The zero-order chi connectivity index (χ0) is 28.1. The lowest BCUT2D eigenvalue weighted by molar-refractivity contribution is 1.17. The Hall–Kier alpha value is -5.94. The van der Waals surface area contributed by atoms with E-state index in [9.17, 15) is 0 Å². The van der Waals surface area contributed by atoms with E-state index in [0.717, 1.165) is 33.4 Å². The van der Waals surface area contributed by atoms with Crippen molar-refractivity contribution in [3.8, 4) is 11.4 Å². The molecule has 0 bridgehead atoms. The summed E-state index contributed by atoms with van der Waals surface area (Å²) in [5.41, 5.74) is 8.86. The van der Waals surface area contributed by atoms with E-state index in [-0.39, 0.29) is 0 Å². The quantitative estimate of drug-likeness (QED) is 0.202. The van der Waals surface area contributed by atoms with E-state index >= 15 is 0 Å². The molecular formula is C38H23N5. The van der Waals surface area contributed by atoms with Crippen molar-refractivity contribution in [2.24, 2.45) is 0 Å². The number of benzene rings is 5. The third-order valence-corrected chi connectivity index (χ3v) is 8.92. The van der Waals surface area contributed by atoms with Gasteiger partial charge >= 0.3 is 0 Å². The van der Waals surface area contributed by atoms with Crippen molar-refractivity contribution in [1.82, 2.24) is 23.5 Å². The van der Waals surface area contributed by atoms with Gasteiger partial charge in [-0.2, -0.15) is 0 Å². The van der Waals surface area contributed by atoms with Crippen molar-refractivity contribution in [2.75, 3.05) is 0 Å². The van der Waals surface area contributed by atoms with Gasteiger partial charge in [-0.05, 0) is 54.6 Å². The van der Waals surface area contributed by atoms with E-state index < -0.39 is 0 Å². The van der Waals surface area contributed by atoms with Crippen molar-refractivity contribution in [1.29, 1.82) is 0 Å². The van der Waals surface area contributed by atoms with Gasteiger partial charge in [-0.1, -0.05) is 66.7 Å². The molecule has 0 amide bonds. The molecule has 0 fully saturated rings. The van der Waals surface area contributed by atoms with Crippen molar-refractivity contribution in [3.05, 3.63) is 140 Å². The molecule has 5 heteroatoms. The van der Waals surface area contributed by atoms with Crippen LogP contribution in [0.4, 0.5) is 0 Å². The Morgan fingerprint density at radius 1 is 0.395 bits per heavy atom. The summed E-state index contributed by atoms with van der Waals surface area (Å²) in [7, 11) is 0. The zero-order valence-corrected chi connectivity index (χ0v) is 23.0. The van der Waals surface area contributed by atoms with Gasteiger partial charge in [0, 0.05) is 67.7 Å². The summed E-state index contributed by atoms with van der Waals surface area (Å²) in [4.78, 5) is 9.63. The van der Waals surface area contributed by atoms with Crippen molar-refractivity contribution in [3.63, 3.8) is 0 Å². The standard InChI is InChI=1S/C38H23N5/c1-3-10-24(11-4-1)42-31-16-8-7-14-28(31)34-32(42)20-19-27-26-17-18-30-33(35(26)43(36(27)34)25-12-5-2-6-13-25)29-15-9-21-39-37(29)41-23-22-40-38(30)41/h1-23H. The highest BCUT2D eigenvalue weighted by Crippen LogP contribution is 2.45. The van der Waals surface area contributed by atoms with Crippen LogP contribution in [0.2, 0.25) is 0 Å². The molecule has 0 unspecified atom stereocenters. The molecule has 0 aliphatic carbocycles. The molecule has 0 N–H and O–H groups in total. The van der Waals surface area contributed by atoms with Gasteiger partial charge in [0.25, 0.3) is 0 Å². The molecule has 0 spiro atoms. The lowest BCUT2D eigenvalue weighted by Gasteiger charge is -2.13. The Morgan fingerprint density at radius 2 is 0.977 bits per heavy atom. The summed E-state index contributed by atoms with van der Waals surface area (Å²) in [5, 5.41) is 8.31. The summed E-state index contributed by atoms with van der Waals surface area (Å²) < 4.78 is 6.97. The van der Waals surface area contributed by atoms with Gasteiger partial charge in [-0.25, -0.2) is 9.97 Å². The average Bonchev–Trinajstić information content (AvgIpc) is 3.78. The molecule has 0 saturated heterocycles. The number of aromatic nitrogens is 5. The van der Waals surface area contributed by atoms with Crippen molar-refractivity contribution < 1.29 is 0 Å². The number of hydrogen-bond donors (Lipinski definition) is 0. The van der Waals surface area contributed by atoms with Crippen LogP contribution in [0.25, 0.3) is 82.4 Å². The topological polar surface area (TPSA) is 40.1 Å². The van der Waals surface area contributed by atoms with Gasteiger partial charge in [0.05, 0.1) is 22.1 Å². The molecule has 0 saturated carbocycles. The van der Waals surface area contributed by atoms with Gasteiger partial charge in [-0.15, -0.1) is 0 Å².